The zero-order chi connectivity index (χ0) is 17.8. The number of aromatic nitrogens is 1. The zero-order valence-electron chi connectivity index (χ0n) is 13.9. The SMILES string of the molecule is CCOC(=O)C[C@](C)(NS(=O)C(C)(C)C)c1nc(Br)ccc1F. The third-order valence-electron chi connectivity index (χ3n) is 3.01. The van der Waals surface area contributed by atoms with E-state index in [9.17, 15) is 13.4 Å². The lowest BCUT2D eigenvalue weighted by Crippen LogP contribution is -2.48. The van der Waals surface area contributed by atoms with Crippen LogP contribution in [0.4, 0.5) is 4.39 Å². The van der Waals surface area contributed by atoms with Crippen LogP contribution in [0.3, 0.4) is 0 Å². The van der Waals surface area contributed by atoms with Gasteiger partial charge in [-0.15, -0.1) is 0 Å². The number of pyridine rings is 1. The van der Waals surface area contributed by atoms with Gasteiger partial charge in [0.05, 0.1) is 40.0 Å². The third-order valence-corrected chi connectivity index (χ3v) is 5.20. The van der Waals surface area contributed by atoms with E-state index in [1.54, 1.807) is 34.6 Å². The van der Waals surface area contributed by atoms with Gasteiger partial charge in [-0.1, -0.05) is 0 Å². The first kappa shape index (κ1) is 20.2. The fraction of sp³-hybridized carbons (Fsp3) is 0.600. The van der Waals surface area contributed by atoms with Crippen LogP contribution in [0.15, 0.2) is 16.7 Å². The molecule has 1 N–H and O–H groups in total. The number of hydrogen-bond acceptors (Lipinski definition) is 4. The summed E-state index contributed by atoms with van der Waals surface area (Å²) < 4.78 is 34.4. The maximum absolute atomic E-state index is 14.3. The molecule has 1 aromatic rings. The molecule has 1 unspecified atom stereocenters. The molecular weight excluding hydrogens is 387 g/mol. The molecule has 0 bridgehead atoms. The lowest BCUT2D eigenvalue weighted by Gasteiger charge is -2.32. The summed E-state index contributed by atoms with van der Waals surface area (Å²) >= 11 is 3.19. The first-order valence-corrected chi connectivity index (χ1v) is 9.11. The molecular formula is C15H22BrFN2O3S. The van der Waals surface area contributed by atoms with Crippen LogP contribution in [-0.4, -0.2) is 26.5 Å². The van der Waals surface area contributed by atoms with Gasteiger partial charge < -0.3 is 4.74 Å². The topological polar surface area (TPSA) is 68.3 Å². The second-order valence-electron chi connectivity index (χ2n) is 6.26. The van der Waals surface area contributed by atoms with Crippen LogP contribution >= 0.6 is 15.9 Å². The molecule has 1 aromatic heterocycles. The largest absolute Gasteiger partial charge is 0.466 e. The van der Waals surface area contributed by atoms with Gasteiger partial charge in [0.15, 0.2) is 0 Å². The maximum atomic E-state index is 14.3. The first-order valence-electron chi connectivity index (χ1n) is 7.17. The minimum atomic E-state index is -1.52. The quantitative estimate of drug-likeness (QED) is 0.579. The van der Waals surface area contributed by atoms with E-state index in [-0.39, 0.29) is 18.7 Å². The van der Waals surface area contributed by atoms with Crippen molar-refractivity contribution in [2.24, 2.45) is 0 Å². The Morgan fingerprint density at radius 2 is 2.00 bits per heavy atom. The number of nitrogens with zero attached hydrogens (tertiary/aromatic N) is 1. The van der Waals surface area contributed by atoms with Crippen LogP contribution in [0.5, 0.6) is 0 Å². The Bertz CT molecular complexity index is 607. The zero-order valence-corrected chi connectivity index (χ0v) is 16.3. The van der Waals surface area contributed by atoms with E-state index in [1.165, 1.54) is 12.1 Å². The summed E-state index contributed by atoms with van der Waals surface area (Å²) in [5.41, 5.74) is -1.25. The fourth-order valence-electron chi connectivity index (χ4n) is 1.83. The van der Waals surface area contributed by atoms with Gasteiger partial charge in [-0.2, -0.15) is 0 Å². The van der Waals surface area contributed by atoms with E-state index in [2.05, 4.69) is 25.6 Å². The van der Waals surface area contributed by atoms with Crippen LogP contribution < -0.4 is 4.72 Å². The first-order chi connectivity index (χ1) is 10.5. The van der Waals surface area contributed by atoms with Crippen LogP contribution in [-0.2, 0) is 26.1 Å². The smallest absolute Gasteiger partial charge is 0.308 e. The lowest BCUT2D eigenvalue weighted by molar-refractivity contribution is -0.144. The summed E-state index contributed by atoms with van der Waals surface area (Å²) in [4.78, 5) is 16.1. The highest BCUT2D eigenvalue weighted by molar-refractivity contribution is 9.10. The van der Waals surface area contributed by atoms with Crippen LogP contribution in [0.1, 0.15) is 46.7 Å². The lowest BCUT2D eigenvalue weighted by atomic mass is 9.94. The van der Waals surface area contributed by atoms with Gasteiger partial charge in [0.2, 0.25) is 0 Å². The van der Waals surface area contributed by atoms with Gasteiger partial charge in [-0.05, 0) is 62.7 Å². The van der Waals surface area contributed by atoms with Crippen molar-refractivity contribution >= 4 is 32.9 Å². The minimum Gasteiger partial charge on any atom is -0.466 e. The van der Waals surface area contributed by atoms with E-state index >= 15 is 0 Å². The Kier molecular flexibility index (Phi) is 6.85. The fourth-order valence-corrected chi connectivity index (χ4v) is 3.03. The molecule has 1 heterocycles. The van der Waals surface area contributed by atoms with Crippen molar-refractivity contribution in [1.29, 1.82) is 0 Å². The summed E-state index contributed by atoms with van der Waals surface area (Å²) in [6, 6.07) is 2.71. The molecule has 0 spiro atoms. The summed E-state index contributed by atoms with van der Waals surface area (Å²) in [6.07, 6.45) is -0.191. The summed E-state index contributed by atoms with van der Waals surface area (Å²) in [5, 5.41) is 0. The molecule has 0 saturated carbocycles. The Morgan fingerprint density at radius 3 is 2.52 bits per heavy atom. The van der Waals surface area contributed by atoms with E-state index in [0.717, 1.165) is 0 Å². The molecule has 0 fully saturated rings. The Balaban J connectivity index is 3.27. The van der Waals surface area contributed by atoms with Gasteiger partial charge in [-0.3, -0.25) is 4.79 Å². The van der Waals surface area contributed by atoms with Gasteiger partial charge in [-0.25, -0.2) is 18.3 Å². The molecule has 0 aliphatic heterocycles. The van der Waals surface area contributed by atoms with E-state index < -0.39 is 33.1 Å². The molecule has 0 aliphatic carbocycles. The van der Waals surface area contributed by atoms with Crippen molar-refractivity contribution in [3.8, 4) is 0 Å². The number of carbonyl (C=O) groups is 1. The molecule has 130 valence electrons. The average molecular weight is 409 g/mol. The number of nitrogens with one attached hydrogen (secondary N) is 1. The molecule has 23 heavy (non-hydrogen) atoms. The highest BCUT2D eigenvalue weighted by Crippen LogP contribution is 2.29. The second kappa shape index (κ2) is 7.81. The van der Waals surface area contributed by atoms with Crippen molar-refractivity contribution in [3.63, 3.8) is 0 Å². The molecule has 2 atom stereocenters. The highest BCUT2D eigenvalue weighted by Gasteiger charge is 2.38. The van der Waals surface area contributed by atoms with Crippen molar-refractivity contribution in [1.82, 2.24) is 9.71 Å². The minimum absolute atomic E-state index is 0.0116. The molecule has 0 saturated heterocycles. The van der Waals surface area contributed by atoms with Gasteiger partial charge in [0.25, 0.3) is 0 Å². The number of ether oxygens (including phenoxy) is 1. The predicted molar refractivity (Wildman–Crippen MR) is 91.5 cm³/mol. The normalized spacial score (nSPS) is 15.8. The molecule has 0 aliphatic rings. The number of hydrogen-bond donors (Lipinski definition) is 1. The highest BCUT2D eigenvalue weighted by atomic mass is 79.9. The molecule has 8 heteroatoms. The Labute approximate surface area is 147 Å². The van der Waals surface area contributed by atoms with Crippen molar-refractivity contribution in [3.05, 3.63) is 28.2 Å². The molecule has 0 aromatic carbocycles. The van der Waals surface area contributed by atoms with Crippen LogP contribution in [0.25, 0.3) is 0 Å². The Morgan fingerprint density at radius 1 is 1.39 bits per heavy atom. The number of carbonyl (C=O) groups excluding carboxylic acids is 1. The van der Waals surface area contributed by atoms with Crippen molar-refractivity contribution in [2.75, 3.05) is 6.61 Å². The molecule has 5 nitrogen and oxygen atoms in total. The predicted octanol–water partition coefficient (Wildman–Crippen LogP) is 3.20. The van der Waals surface area contributed by atoms with Crippen LogP contribution in [0.2, 0.25) is 0 Å². The van der Waals surface area contributed by atoms with Gasteiger partial charge >= 0.3 is 5.97 Å². The van der Waals surface area contributed by atoms with E-state index in [4.69, 9.17) is 4.74 Å². The number of halogens is 2. The summed E-state index contributed by atoms with van der Waals surface area (Å²) in [7, 11) is -1.52. The van der Waals surface area contributed by atoms with Crippen molar-refractivity contribution < 1.29 is 18.1 Å². The molecule has 1 rings (SSSR count). The summed E-state index contributed by atoms with van der Waals surface area (Å²) in [5.74, 6) is -1.10. The average Bonchev–Trinajstić information content (AvgIpc) is 2.40. The van der Waals surface area contributed by atoms with E-state index in [1.807, 2.05) is 0 Å². The van der Waals surface area contributed by atoms with Gasteiger partial charge in [0.1, 0.15) is 10.4 Å². The van der Waals surface area contributed by atoms with Crippen LogP contribution in [0, 0.1) is 5.82 Å². The summed E-state index contributed by atoms with van der Waals surface area (Å²) in [6.45, 7) is 8.84. The molecule has 0 radical (unpaired) electrons. The standard InChI is InChI=1S/C15H22BrFN2O3S/c1-6-22-12(20)9-15(5,19-23(21)14(2,3)4)13-10(17)7-8-11(16)18-13/h7-8,19H,6,9H2,1-5H3/t15-,23?/m0/s1. The monoisotopic (exact) mass is 408 g/mol. The van der Waals surface area contributed by atoms with Crippen molar-refractivity contribution in [2.45, 2.75) is 51.3 Å². The molecule has 0 amide bonds. The number of esters is 1. The second-order valence-corrected chi connectivity index (χ2v) is 9.04. The maximum Gasteiger partial charge on any atom is 0.308 e. The van der Waals surface area contributed by atoms with Gasteiger partial charge in [0, 0.05) is 0 Å². The van der Waals surface area contributed by atoms with E-state index in [0.29, 0.717) is 4.60 Å². The third kappa shape index (κ3) is 5.61. The Hall–Kier alpha value is -0.860. The number of rotatable bonds is 6.